The lowest BCUT2D eigenvalue weighted by Gasteiger charge is -2.09. The van der Waals surface area contributed by atoms with Crippen molar-refractivity contribution in [1.29, 1.82) is 0 Å². The molecule has 2 aliphatic rings. The molecule has 2 fully saturated rings. The molecule has 0 saturated heterocycles. The first-order valence-electron chi connectivity index (χ1n) is 8.04. The molecule has 0 atom stereocenters. The second-order valence-corrected chi connectivity index (χ2v) is 6.45. The first-order chi connectivity index (χ1) is 9.23. The van der Waals surface area contributed by atoms with Gasteiger partial charge in [0.15, 0.2) is 0 Å². The van der Waals surface area contributed by atoms with Crippen LogP contribution < -0.4 is 0 Å². The summed E-state index contributed by atoms with van der Waals surface area (Å²) in [6.07, 6.45) is 12.8. The van der Waals surface area contributed by atoms with Crippen LogP contribution in [0.3, 0.4) is 0 Å². The molecule has 110 valence electrons. The lowest BCUT2D eigenvalue weighted by Crippen LogP contribution is -2.14. The van der Waals surface area contributed by atoms with E-state index in [9.17, 15) is 4.79 Å². The Morgan fingerprint density at radius 2 is 1.74 bits per heavy atom. The van der Waals surface area contributed by atoms with Gasteiger partial charge in [0.25, 0.3) is 0 Å². The quantitative estimate of drug-likeness (QED) is 0.544. The molecule has 2 rings (SSSR count). The van der Waals surface area contributed by atoms with Gasteiger partial charge in [0.1, 0.15) is 0 Å². The number of unbranched alkanes of at least 4 members (excludes halogenated alkanes) is 3. The lowest BCUT2D eigenvalue weighted by molar-refractivity contribution is -0.143. The molecule has 2 aliphatic carbocycles. The van der Waals surface area contributed by atoms with Crippen LogP contribution in [0.4, 0.5) is 0 Å². The van der Waals surface area contributed by atoms with Gasteiger partial charge in [-0.15, -0.1) is 0 Å². The van der Waals surface area contributed by atoms with E-state index in [1.165, 1.54) is 38.5 Å². The third-order valence-corrected chi connectivity index (χ3v) is 4.60. The van der Waals surface area contributed by atoms with Crippen molar-refractivity contribution in [3.05, 3.63) is 0 Å². The highest BCUT2D eigenvalue weighted by molar-refractivity contribution is 5.77. The van der Waals surface area contributed by atoms with Crippen molar-refractivity contribution in [2.24, 2.45) is 11.3 Å². The van der Waals surface area contributed by atoms with Gasteiger partial charge in [0, 0.05) is 13.2 Å². The Morgan fingerprint density at radius 1 is 1.05 bits per heavy atom. The molecule has 0 aromatic carbocycles. The summed E-state index contributed by atoms with van der Waals surface area (Å²) in [7, 11) is 0. The standard InChI is InChI=1S/C16H28O3/c17-15(18)16(10-11-16)9-3-5-13-19-12-4-1-2-6-14-7-8-14/h14H,1-13H2,(H,17,18). The highest BCUT2D eigenvalue weighted by Crippen LogP contribution is 2.50. The van der Waals surface area contributed by atoms with Gasteiger partial charge in [-0.05, 0) is 38.0 Å². The van der Waals surface area contributed by atoms with Crippen LogP contribution in [0.2, 0.25) is 0 Å². The van der Waals surface area contributed by atoms with Crippen LogP contribution in [0, 0.1) is 11.3 Å². The fourth-order valence-electron chi connectivity index (χ4n) is 2.71. The Hall–Kier alpha value is -0.570. The van der Waals surface area contributed by atoms with Crippen molar-refractivity contribution in [2.75, 3.05) is 13.2 Å². The van der Waals surface area contributed by atoms with Crippen molar-refractivity contribution >= 4 is 5.97 Å². The zero-order valence-electron chi connectivity index (χ0n) is 12.0. The van der Waals surface area contributed by atoms with Gasteiger partial charge in [-0.25, -0.2) is 0 Å². The maximum Gasteiger partial charge on any atom is 0.309 e. The number of aliphatic carboxylic acids is 1. The molecule has 0 unspecified atom stereocenters. The van der Waals surface area contributed by atoms with Gasteiger partial charge in [0.05, 0.1) is 5.41 Å². The molecule has 19 heavy (non-hydrogen) atoms. The predicted octanol–water partition coefficient (Wildman–Crippen LogP) is 4.01. The Bertz CT molecular complexity index is 280. The fourth-order valence-corrected chi connectivity index (χ4v) is 2.71. The molecule has 3 heteroatoms. The van der Waals surface area contributed by atoms with E-state index in [0.29, 0.717) is 0 Å². The summed E-state index contributed by atoms with van der Waals surface area (Å²) in [6, 6.07) is 0. The van der Waals surface area contributed by atoms with Gasteiger partial charge >= 0.3 is 5.97 Å². The second-order valence-electron chi connectivity index (χ2n) is 6.45. The van der Waals surface area contributed by atoms with Crippen LogP contribution in [-0.2, 0) is 9.53 Å². The highest BCUT2D eigenvalue weighted by Gasteiger charge is 2.49. The Balaban J connectivity index is 1.31. The van der Waals surface area contributed by atoms with Gasteiger partial charge in [-0.1, -0.05) is 38.5 Å². The maximum atomic E-state index is 11.0. The molecular weight excluding hydrogens is 240 g/mol. The van der Waals surface area contributed by atoms with Crippen LogP contribution in [0.5, 0.6) is 0 Å². The predicted molar refractivity (Wildman–Crippen MR) is 75.2 cm³/mol. The molecule has 0 spiro atoms. The van der Waals surface area contributed by atoms with E-state index in [2.05, 4.69) is 0 Å². The number of carbonyl (C=O) groups is 1. The largest absolute Gasteiger partial charge is 0.481 e. The zero-order valence-corrected chi connectivity index (χ0v) is 12.0. The Kier molecular flexibility index (Phi) is 5.68. The smallest absolute Gasteiger partial charge is 0.309 e. The van der Waals surface area contributed by atoms with E-state index in [0.717, 1.165) is 51.2 Å². The van der Waals surface area contributed by atoms with Crippen molar-refractivity contribution in [1.82, 2.24) is 0 Å². The average Bonchev–Trinajstić information content (AvgIpc) is 3.26. The average molecular weight is 268 g/mol. The summed E-state index contributed by atoms with van der Waals surface area (Å²) in [4.78, 5) is 11.0. The van der Waals surface area contributed by atoms with Crippen molar-refractivity contribution in [2.45, 2.75) is 70.6 Å². The summed E-state index contributed by atoms with van der Waals surface area (Å²) < 4.78 is 5.60. The molecule has 0 heterocycles. The normalized spacial score (nSPS) is 20.4. The first kappa shape index (κ1) is 14.8. The second kappa shape index (κ2) is 7.28. The fraction of sp³-hybridized carbons (Fsp3) is 0.938. The minimum absolute atomic E-state index is 0.344. The van der Waals surface area contributed by atoms with E-state index < -0.39 is 5.97 Å². The Morgan fingerprint density at radius 3 is 2.32 bits per heavy atom. The molecule has 0 aromatic heterocycles. The zero-order chi connectivity index (χ0) is 13.6. The number of ether oxygens (including phenoxy) is 1. The Labute approximate surface area is 116 Å². The molecule has 0 radical (unpaired) electrons. The molecule has 2 saturated carbocycles. The van der Waals surface area contributed by atoms with Crippen molar-refractivity contribution in [3.63, 3.8) is 0 Å². The number of hydrogen-bond donors (Lipinski definition) is 1. The molecule has 0 aromatic rings. The van der Waals surface area contributed by atoms with E-state index >= 15 is 0 Å². The third-order valence-electron chi connectivity index (χ3n) is 4.60. The topological polar surface area (TPSA) is 46.5 Å². The van der Waals surface area contributed by atoms with Gasteiger partial charge in [-0.2, -0.15) is 0 Å². The lowest BCUT2D eigenvalue weighted by atomic mass is 10.00. The van der Waals surface area contributed by atoms with E-state index in [1.54, 1.807) is 0 Å². The number of carboxylic acid groups (broad SMARTS) is 1. The minimum atomic E-state index is -0.593. The van der Waals surface area contributed by atoms with Crippen LogP contribution in [0.15, 0.2) is 0 Å². The van der Waals surface area contributed by atoms with Crippen LogP contribution in [0.1, 0.15) is 70.6 Å². The van der Waals surface area contributed by atoms with E-state index in [1.807, 2.05) is 0 Å². The van der Waals surface area contributed by atoms with Gasteiger partial charge < -0.3 is 9.84 Å². The molecule has 0 amide bonds. The summed E-state index contributed by atoms with van der Waals surface area (Å²) in [5.74, 6) is 0.467. The maximum absolute atomic E-state index is 11.0. The van der Waals surface area contributed by atoms with Gasteiger partial charge in [0.2, 0.25) is 0 Å². The number of carboxylic acids is 1. The summed E-state index contributed by atoms with van der Waals surface area (Å²) in [6.45, 7) is 1.69. The van der Waals surface area contributed by atoms with Crippen molar-refractivity contribution in [3.8, 4) is 0 Å². The van der Waals surface area contributed by atoms with E-state index in [4.69, 9.17) is 9.84 Å². The number of rotatable bonds is 12. The monoisotopic (exact) mass is 268 g/mol. The minimum Gasteiger partial charge on any atom is -0.481 e. The third kappa shape index (κ3) is 5.52. The summed E-state index contributed by atoms with van der Waals surface area (Å²) >= 11 is 0. The molecule has 0 aliphatic heterocycles. The summed E-state index contributed by atoms with van der Waals surface area (Å²) in [5, 5.41) is 9.04. The van der Waals surface area contributed by atoms with Crippen molar-refractivity contribution < 1.29 is 14.6 Å². The molecule has 1 N–H and O–H groups in total. The highest BCUT2D eigenvalue weighted by atomic mass is 16.5. The molecule has 0 bridgehead atoms. The first-order valence-corrected chi connectivity index (χ1v) is 8.04. The van der Waals surface area contributed by atoms with Crippen LogP contribution in [-0.4, -0.2) is 24.3 Å². The SMILES string of the molecule is O=C(O)C1(CCCCOCCCCCC2CC2)CC1. The van der Waals surface area contributed by atoms with E-state index in [-0.39, 0.29) is 5.41 Å². The molecule has 3 nitrogen and oxygen atoms in total. The van der Waals surface area contributed by atoms with Crippen LogP contribution in [0.25, 0.3) is 0 Å². The number of hydrogen-bond acceptors (Lipinski definition) is 2. The summed E-state index contributed by atoms with van der Waals surface area (Å²) in [5.41, 5.74) is -0.344. The van der Waals surface area contributed by atoms with Gasteiger partial charge in [-0.3, -0.25) is 4.79 Å². The van der Waals surface area contributed by atoms with Crippen LogP contribution >= 0.6 is 0 Å². The molecular formula is C16H28O3.